The minimum atomic E-state index is -0.0276. The summed E-state index contributed by atoms with van der Waals surface area (Å²) in [4.78, 5) is 15.3. The van der Waals surface area contributed by atoms with Gasteiger partial charge in [0.05, 0.1) is 6.42 Å². The smallest absolute Gasteiger partial charge is 0.228 e. The molecule has 0 radical (unpaired) electrons. The number of fused-ring (bicyclic) bond motifs is 1. The van der Waals surface area contributed by atoms with Gasteiger partial charge in [-0.25, -0.2) is 0 Å². The number of hydrogen-bond donors (Lipinski definition) is 2. The molecule has 0 unspecified atom stereocenters. The summed E-state index contributed by atoms with van der Waals surface area (Å²) in [6.45, 7) is 1.98. The first kappa shape index (κ1) is 13.7. The standard InChI is InChI=1S/C17H15ClN2O/c1-11-4-2-3-5-15(11)20-17(21)8-12-10-19-16-9-13(18)6-7-14(12)16/h2-7,9-10,19H,8H2,1H3,(H,20,21). The van der Waals surface area contributed by atoms with E-state index in [1.165, 1.54) is 0 Å². The van der Waals surface area contributed by atoms with Gasteiger partial charge in [-0.3, -0.25) is 4.79 Å². The number of carbonyl (C=O) groups excluding carboxylic acids is 1. The lowest BCUT2D eigenvalue weighted by molar-refractivity contribution is -0.115. The summed E-state index contributed by atoms with van der Waals surface area (Å²) in [7, 11) is 0. The van der Waals surface area contributed by atoms with E-state index >= 15 is 0 Å². The average molecular weight is 299 g/mol. The van der Waals surface area contributed by atoms with E-state index < -0.39 is 0 Å². The molecule has 3 rings (SSSR count). The van der Waals surface area contributed by atoms with E-state index in [-0.39, 0.29) is 5.91 Å². The maximum absolute atomic E-state index is 12.2. The van der Waals surface area contributed by atoms with Crippen molar-refractivity contribution in [1.29, 1.82) is 0 Å². The molecule has 0 atom stereocenters. The molecule has 0 saturated heterocycles. The van der Waals surface area contributed by atoms with Gasteiger partial charge < -0.3 is 10.3 Å². The number of aromatic nitrogens is 1. The molecule has 3 nitrogen and oxygen atoms in total. The van der Waals surface area contributed by atoms with Crippen molar-refractivity contribution in [1.82, 2.24) is 4.98 Å². The summed E-state index contributed by atoms with van der Waals surface area (Å²) in [6.07, 6.45) is 2.19. The van der Waals surface area contributed by atoms with Gasteiger partial charge in [-0.2, -0.15) is 0 Å². The van der Waals surface area contributed by atoms with Crippen LogP contribution in [0.1, 0.15) is 11.1 Å². The highest BCUT2D eigenvalue weighted by atomic mass is 35.5. The molecule has 0 aliphatic rings. The van der Waals surface area contributed by atoms with Gasteiger partial charge in [0.1, 0.15) is 0 Å². The summed E-state index contributed by atoms with van der Waals surface area (Å²) in [5, 5.41) is 4.65. The first-order valence-corrected chi connectivity index (χ1v) is 7.12. The summed E-state index contributed by atoms with van der Waals surface area (Å²) >= 11 is 5.96. The summed E-state index contributed by atoms with van der Waals surface area (Å²) in [5.74, 6) is -0.0276. The van der Waals surface area contributed by atoms with Crippen LogP contribution in [0.25, 0.3) is 10.9 Å². The Balaban J connectivity index is 1.79. The topological polar surface area (TPSA) is 44.9 Å². The normalized spacial score (nSPS) is 10.8. The number of rotatable bonds is 3. The number of carbonyl (C=O) groups is 1. The van der Waals surface area contributed by atoms with E-state index in [0.29, 0.717) is 11.4 Å². The third-order valence-electron chi connectivity index (χ3n) is 3.50. The van der Waals surface area contributed by atoms with Gasteiger partial charge in [-0.05, 0) is 36.2 Å². The Morgan fingerprint density at radius 1 is 1.24 bits per heavy atom. The molecule has 1 aromatic heterocycles. The Bertz CT molecular complexity index is 807. The van der Waals surface area contributed by atoms with Crippen LogP contribution in [0.2, 0.25) is 5.02 Å². The molecule has 1 heterocycles. The van der Waals surface area contributed by atoms with Gasteiger partial charge in [-0.15, -0.1) is 0 Å². The van der Waals surface area contributed by atoms with Crippen molar-refractivity contribution in [2.24, 2.45) is 0 Å². The second-order valence-corrected chi connectivity index (χ2v) is 5.48. The largest absolute Gasteiger partial charge is 0.361 e. The van der Waals surface area contributed by atoms with Crippen molar-refractivity contribution >= 4 is 34.1 Å². The number of amides is 1. The SMILES string of the molecule is Cc1ccccc1NC(=O)Cc1c[nH]c2cc(Cl)ccc12. The van der Waals surface area contributed by atoms with Gasteiger partial charge in [0.25, 0.3) is 0 Å². The van der Waals surface area contributed by atoms with Gasteiger partial charge in [0.2, 0.25) is 5.91 Å². The van der Waals surface area contributed by atoms with Gasteiger partial charge in [0, 0.05) is 27.8 Å². The van der Waals surface area contributed by atoms with Crippen LogP contribution in [-0.2, 0) is 11.2 Å². The van der Waals surface area contributed by atoms with Crippen molar-refractivity contribution < 1.29 is 4.79 Å². The molecule has 0 fully saturated rings. The lowest BCUT2D eigenvalue weighted by atomic mass is 10.1. The molecule has 2 N–H and O–H groups in total. The van der Waals surface area contributed by atoms with Crippen LogP contribution in [0, 0.1) is 6.92 Å². The minimum Gasteiger partial charge on any atom is -0.361 e. The highest BCUT2D eigenvalue weighted by molar-refractivity contribution is 6.31. The van der Waals surface area contributed by atoms with Crippen molar-refractivity contribution in [2.75, 3.05) is 5.32 Å². The van der Waals surface area contributed by atoms with E-state index in [2.05, 4.69) is 10.3 Å². The Labute approximate surface area is 127 Å². The number of anilines is 1. The molecule has 21 heavy (non-hydrogen) atoms. The number of aromatic amines is 1. The molecule has 0 aliphatic heterocycles. The van der Waals surface area contributed by atoms with E-state index in [0.717, 1.165) is 27.7 Å². The molecule has 3 aromatic rings. The lowest BCUT2D eigenvalue weighted by Gasteiger charge is -2.07. The average Bonchev–Trinajstić information content (AvgIpc) is 2.83. The maximum Gasteiger partial charge on any atom is 0.228 e. The molecule has 0 spiro atoms. The van der Waals surface area contributed by atoms with E-state index in [1.54, 1.807) is 0 Å². The molecule has 0 aliphatic carbocycles. The van der Waals surface area contributed by atoms with E-state index in [4.69, 9.17) is 11.6 Å². The highest BCUT2D eigenvalue weighted by Crippen LogP contribution is 2.23. The molecular weight excluding hydrogens is 284 g/mol. The van der Waals surface area contributed by atoms with Gasteiger partial charge in [0.15, 0.2) is 0 Å². The van der Waals surface area contributed by atoms with Crippen molar-refractivity contribution in [3.63, 3.8) is 0 Å². The van der Waals surface area contributed by atoms with Crippen LogP contribution in [0.5, 0.6) is 0 Å². The molecule has 1 amide bonds. The summed E-state index contributed by atoms with van der Waals surface area (Å²) in [6, 6.07) is 13.4. The zero-order valence-electron chi connectivity index (χ0n) is 11.6. The quantitative estimate of drug-likeness (QED) is 0.743. The zero-order valence-corrected chi connectivity index (χ0v) is 12.4. The third kappa shape index (κ3) is 2.93. The summed E-state index contributed by atoms with van der Waals surface area (Å²) < 4.78 is 0. The molecule has 0 bridgehead atoms. The van der Waals surface area contributed by atoms with Crippen LogP contribution >= 0.6 is 11.6 Å². The fourth-order valence-corrected chi connectivity index (χ4v) is 2.56. The number of aryl methyl sites for hydroxylation is 1. The Morgan fingerprint density at radius 3 is 2.86 bits per heavy atom. The number of H-pyrrole nitrogens is 1. The molecule has 106 valence electrons. The van der Waals surface area contributed by atoms with Gasteiger partial charge >= 0.3 is 0 Å². The molecule has 0 saturated carbocycles. The lowest BCUT2D eigenvalue weighted by Crippen LogP contribution is -2.14. The second-order valence-electron chi connectivity index (χ2n) is 5.04. The number of hydrogen-bond acceptors (Lipinski definition) is 1. The van der Waals surface area contributed by atoms with E-state index in [9.17, 15) is 4.79 Å². The summed E-state index contributed by atoms with van der Waals surface area (Å²) in [5.41, 5.74) is 3.82. The molecule has 2 aromatic carbocycles. The van der Waals surface area contributed by atoms with Crippen LogP contribution < -0.4 is 5.32 Å². The number of benzene rings is 2. The Hall–Kier alpha value is -2.26. The Morgan fingerprint density at radius 2 is 2.05 bits per heavy atom. The predicted molar refractivity (Wildman–Crippen MR) is 86.8 cm³/mol. The van der Waals surface area contributed by atoms with Crippen molar-refractivity contribution in [3.05, 3.63) is 64.8 Å². The third-order valence-corrected chi connectivity index (χ3v) is 3.73. The first-order valence-electron chi connectivity index (χ1n) is 6.74. The predicted octanol–water partition coefficient (Wildman–Crippen LogP) is 4.31. The van der Waals surface area contributed by atoms with Gasteiger partial charge in [-0.1, -0.05) is 35.9 Å². The molecule has 4 heteroatoms. The second kappa shape index (κ2) is 5.62. The number of halogens is 1. The monoisotopic (exact) mass is 298 g/mol. The van der Waals surface area contributed by atoms with Crippen molar-refractivity contribution in [2.45, 2.75) is 13.3 Å². The number of para-hydroxylation sites is 1. The van der Waals surface area contributed by atoms with Crippen LogP contribution in [0.3, 0.4) is 0 Å². The van der Waals surface area contributed by atoms with Crippen LogP contribution in [0.4, 0.5) is 5.69 Å². The maximum atomic E-state index is 12.2. The molecular formula is C17H15ClN2O. The fraction of sp³-hybridized carbons (Fsp3) is 0.118. The fourth-order valence-electron chi connectivity index (χ4n) is 2.39. The zero-order chi connectivity index (χ0) is 14.8. The van der Waals surface area contributed by atoms with Crippen LogP contribution in [0.15, 0.2) is 48.7 Å². The van der Waals surface area contributed by atoms with E-state index in [1.807, 2.05) is 55.6 Å². The van der Waals surface area contributed by atoms with Crippen LogP contribution in [-0.4, -0.2) is 10.9 Å². The van der Waals surface area contributed by atoms with Crippen molar-refractivity contribution in [3.8, 4) is 0 Å². The Kier molecular flexibility index (Phi) is 3.67. The minimum absolute atomic E-state index is 0.0276. The highest BCUT2D eigenvalue weighted by Gasteiger charge is 2.10. The first-order chi connectivity index (χ1) is 10.1. The number of nitrogens with one attached hydrogen (secondary N) is 2.